The maximum Gasteiger partial charge on any atom is 0.0702 e. The molecule has 1 unspecified atom stereocenters. The van der Waals surface area contributed by atoms with E-state index in [-0.39, 0.29) is 0 Å². The first-order valence-corrected chi connectivity index (χ1v) is 7.64. The number of nitrogens with two attached hydrogens (primary N) is 1. The van der Waals surface area contributed by atoms with Gasteiger partial charge in [0.1, 0.15) is 0 Å². The number of hydrogen-bond acceptors (Lipinski definition) is 3. The quantitative estimate of drug-likeness (QED) is 0.931. The normalized spacial score (nSPS) is 20.9. The van der Waals surface area contributed by atoms with Crippen LogP contribution in [0.4, 0.5) is 0 Å². The lowest BCUT2D eigenvalue weighted by atomic mass is 10.1. The molecule has 1 fully saturated rings. The summed E-state index contributed by atoms with van der Waals surface area (Å²) < 4.78 is 0. The van der Waals surface area contributed by atoms with Gasteiger partial charge in [0.05, 0.1) is 5.52 Å². The molecule has 0 bridgehead atoms. The minimum absolute atomic E-state index is 0.544. The van der Waals surface area contributed by atoms with E-state index in [0.29, 0.717) is 6.04 Å². The smallest absolute Gasteiger partial charge is 0.0702 e. The zero-order valence-corrected chi connectivity index (χ0v) is 12.0. The van der Waals surface area contributed by atoms with Crippen molar-refractivity contribution in [2.45, 2.75) is 38.3 Å². The maximum atomic E-state index is 5.96. The average Bonchev–Trinajstić information content (AvgIpc) is 2.72. The van der Waals surface area contributed by atoms with Crippen LogP contribution >= 0.6 is 0 Å². The van der Waals surface area contributed by atoms with E-state index < -0.39 is 0 Å². The molecule has 2 heterocycles. The van der Waals surface area contributed by atoms with E-state index in [2.05, 4.69) is 34.1 Å². The second kappa shape index (κ2) is 6.33. The Labute approximate surface area is 120 Å². The van der Waals surface area contributed by atoms with Crippen molar-refractivity contribution in [1.29, 1.82) is 0 Å². The van der Waals surface area contributed by atoms with Crippen molar-refractivity contribution in [3.63, 3.8) is 0 Å². The summed E-state index contributed by atoms with van der Waals surface area (Å²) in [6.07, 6.45) is 7.05. The fraction of sp³-hybridized carbons (Fsp3) is 0.471. The summed E-state index contributed by atoms with van der Waals surface area (Å²) in [5, 5.41) is 1.23. The summed E-state index contributed by atoms with van der Waals surface area (Å²) in [7, 11) is 0. The van der Waals surface area contributed by atoms with E-state index in [4.69, 9.17) is 5.73 Å². The molecule has 1 aliphatic rings. The Balaban J connectivity index is 1.80. The molecule has 0 aliphatic carbocycles. The summed E-state index contributed by atoms with van der Waals surface area (Å²) in [6.45, 7) is 2.95. The Hall–Kier alpha value is -1.45. The molecule has 0 spiro atoms. The number of pyridine rings is 1. The van der Waals surface area contributed by atoms with Crippen molar-refractivity contribution >= 4 is 10.9 Å². The number of aromatic nitrogens is 1. The molecule has 1 aromatic heterocycles. The van der Waals surface area contributed by atoms with E-state index >= 15 is 0 Å². The van der Waals surface area contributed by atoms with Crippen molar-refractivity contribution in [2.75, 3.05) is 13.1 Å². The van der Waals surface area contributed by atoms with E-state index in [0.717, 1.165) is 18.6 Å². The topological polar surface area (TPSA) is 42.1 Å². The fourth-order valence-electron chi connectivity index (χ4n) is 3.17. The molecule has 3 rings (SSSR count). The van der Waals surface area contributed by atoms with E-state index in [9.17, 15) is 0 Å². The number of benzene rings is 1. The monoisotopic (exact) mass is 269 g/mol. The zero-order valence-electron chi connectivity index (χ0n) is 12.0. The molecule has 2 N–H and O–H groups in total. The van der Waals surface area contributed by atoms with Crippen molar-refractivity contribution in [2.24, 2.45) is 5.73 Å². The van der Waals surface area contributed by atoms with Gasteiger partial charge in [0, 0.05) is 30.7 Å². The van der Waals surface area contributed by atoms with Crippen LogP contribution in [0.25, 0.3) is 10.9 Å². The number of hydrogen-bond donors (Lipinski definition) is 1. The highest BCUT2D eigenvalue weighted by Gasteiger charge is 2.19. The molecule has 0 saturated carbocycles. The van der Waals surface area contributed by atoms with Gasteiger partial charge in [-0.15, -0.1) is 0 Å². The Bertz CT molecular complexity index is 567. The summed E-state index contributed by atoms with van der Waals surface area (Å²) >= 11 is 0. The predicted molar refractivity (Wildman–Crippen MR) is 83.5 cm³/mol. The van der Waals surface area contributed by atoms with Crippen LogP contribution in [0.15, 0.2) is 36.5 Å². The maximum absolute atomic E-state index is 5.96. The van der Waals surface area contributed by atoms with Crippen LogP contribution in [0.2, 0.25) is 0 Å². The largest absolute Gasteiger partial charge is 0.329 e. The summed E-state index contributed by atoms with van der Waals surface area (Å²) in [6, 6.07) is 11.3. The van der Waals surface area contributed by atoms with Gasteiger partial charge in [0.2, 0.25) is 0 Å². The molecule has 3 heteroatoms. The highest BCUT2D eigenvalue weighted by molar-refractivity contribution is 5.78. The van der Waals surface area contributed by atoms with Gasteiger partial charge in [-0.05, 0) is 43.1 Å². The third-order valence-electron chi connectivity index (χ3n) is 4.32. The van der Waals surface area contributed by atoms with Gasteiger partial charge in [0.15, 0.2) is 0 Å². The Morgan fingerprint density at radius 3 is 3.05 bits per heavy atom. The van der Waals surface area contributed by atoms with Gasteiger partial charge in [-0.2, -0.15) is 0 Å². The molecule has 0 amide bonds. The second-order valence-corrected chi connectivity index (χ2v) is 5.74. The van der Waals surface area contributed by atoms with Crippen molar-refractivity contribution in [1.82, 2.24) is 9.88 Å². The third-order valence-corrected chi connectivity index (χ3v) is 4.32. The number of fused-ring (bicyclic) bond motifs is 1. The highest BCUT2D eigenvalue weighted by atomic mass is 15.2. The minimum atomic E-state index is 0.544. The van der Waals surface area contributed by atoms with E-state index in [1.165, 1.54) is 43.2 Å². The van der Waals surface area contributed by atoms with Crippen LogP contribution < -0.4 is 5.73 Å². The molecule has 1 atom stereocenters. The SMILES string of the molecule is NCC1CCCCCN1Cc1ccc2ncccc2c1. The van der Waals surface area contributed by atoms with Gasteiger partial charge < -0.3 is 5.73 Å². The standard InChI is InChI=1S/C17H23N3/c18-12-16-6-2-1-3-10-20(16)13-14-7-8-17-15(11-14)5-4-9-19-17/h4-5,7-9,11,16H,1-3,6,10,12-13,18H2. The lowest BCUT2D eigenvalue weighted by Gasteiger charge is -2.29. The fourth-order valence-corrected chi connectivity index (χ4v) is 3.17. The number of rotatable bonds is 3. The van der Waals surface area contributed by atoms with E-state index in [1.54, 1.807) is 0 Å². The summed E-state index contributed by atoms with van der Waals surface area (Å²) in [4.78, 5) is 6.94. The Morgan fingerprint density at radius 1 is 1.20 bits per heavy atom. The molecule has 1 aromatic carbocycles. The third kappa shape index (κ3) is 3.00. The molecule has 3 nitrogen and oxygen atoms in total. The molecule has 20 heavy (non-hydrogen) atoms. The molecular formula is C17H23N3. The summed E-state index contributed by atoms with van der Waals surface area (Å²) in [5.41, 5.74) is 8.39. The van der Waals surface area contributed by atoms with Crippen LogP contribution in [0.5, 0.6) is 0 Å². The lowest BCUT2D eigenvalue weighted by molar-refractivity contribution is 0.196. The predicted octanol–water partition coefficient (Wildman–Crippen LogP) is 2.94. The Morgan fingerprint density at radius 2 is 2.15 bits per heavy atom. The van der Waals surface area contributed by atoms with Crippen LogP contribution in [-0.4, -0.2) is 29.0 Å². The van der Waals surface area contributed by atoms with Crippen LogP contribution in [0.3, 0.4) is 0 Å². The Kier molecular flexibility index (Phi) is 4.28. The minimum Gasteiger partial charge on any atom is -0.329 e. The highest BCUT2D eigenvalue weighted by Crippen LogP contribution is 2.20. The van der Waals surface area contributed by atoms with Crippen LogP contribution in [0.1, 0.15) is 31.2 Å². The molecule has 1 aliphatic heterocycles. The second-order valence-electron chi connectivity index (χ2n) is 5.74. The average molecular weight is 269 g/mol. The molecule has 2 aromatic rings. The van der Waals surface area contributed by atoms with Gasteiger partial charge in [-0.1, -0.05) is 25.0 Å². The molecule has 0 radical (unpaired) electrons. The van der Waals surface area contributed by atoms with Gasteiger partial charge in [-0.25, -0.2) is 0 Å². The lowest BCUT2D eigenvalue weighted by Crippen LogP contribution is -2.39. The molecule has 106 valence electrons. The van der Waals surface area contributed by atoms with Gasteiger partial charge in [0.25, 0.3) is 0 Å². The van der Waals surface area contributed by atoms with Gasteiger partial charge in [-0.3, -0.25) is 9.88 Å². The number of likely N-dealkylation sites (tertiary alicyclic amines) is 1. The number of nitrogens with zero attached hydrogens (tertiary/aromatic N) is 2. The first kappa shape index (κ1) is 13.5. The first-order valence-electron chi connectivity index (χ1n) is 7.64. The van der Waals surface area contributed by atoms with Crippen molar-refractivity contribution < 1.29 is 0 Å². The van der Waals surface area contributed by atoms with E-state index in [1.807, 2.05) is 12.3 Å². The molecule has 1 saturated heterocycles. The van der Waals surface area contributed by atoms with Gasteiger partial charge >= 0.3 is 0 Å². The molecular weight excluding hydrogens is 246 g/mol. The summed E-state index contributed by atoms with van der Waals surface area (Å²) in [5.74, 6) is 0. The van der Waals surface area contributed by atoms with Crippen LogP contribution in [-0.2, 0) is 6.54 Å². The van der Waals surface area contributed by atoms with Crippen molar-refractivity contribution in [3.8, 4) is 0 Å². The van der Waals surface area contributed by atoms with Crippen LogP contribution in [0, 0.1) is 0 Å². The van der Waals surface area contributed by atoms with Crippen molar-refractivity contribution in [3.05, 3.63) is 42.1 Å². The zero-order chi connectivity index (χ0) is 13.8. The first-order chi connectivity index (χ1) is 9.86.